The zero-order chi connectivity index (χ0) is 25.2. The first kappa shape index (κ1) is 26.2. The van der Waals surface area contributed by atoms with Crippen molar-refractivity contribution >= 4 is 45.5 Å². The van der Waals surface area contributed by atoms with Gasteiger partial charge in [0, 0.05) is 22.3 Å². The predicted molar refractivity (Wildman–Crippen MR) is 136 cm³/mol. The number of benzene rings is 3. The third-order valence-corrected chi connectivity index (χ3v) is 6.16. The molecule has 3 N–H and O–H groups in total. The van der Waals surface area contributed by atoms with Crippen molar-refractivity contribution < 1.29 is 24.2 Å². The molecule has 3 rings (SSSR count). The van der Waals surface area contributed by atoms with Gasteiger partial charge in [-0.2, -0.15) is 0 Å². The van der Waals surface area contributed by atoms with E-state index in [1.807, 2.05) is 60.7 Å². The molecule has 9 heteroatoms. The van der Waals surface area contributed by atoms with Crippen molar-refractivity contribution in [3.05, 3.63) is 105 Å². The van der Waals surface area contributed by atoms with E-state index in [0.29, 0.717) is 15.1 Å². The molecule has 0 fully saturated rings. The molecule has 7 nitrogen and oxygen atoms in total. The number of nitrogens with one attached hydrogen (secondary N) is 2. The SMILES string of the molecule is O=C(N[C@@H](Cc1ccccc1)C(=O)N[C@@H](Cc1cc(Cl)ccc1Br)C(=O)O)OCc1ccccc1. The van der Waals surface area contributed by atoms with Crippen LogP contribution in [0.4, 0.5) is 4.79 Å². The highest BCUT2D eigenvalue weighted by Crippen LogP contribution is 2.22. The number of alkyl carbamates (subject to hydrolysis) is 1. The minimum Gasteiger partial charge on any atom is -0.480 e. The molecule has 0 saturated carbocycles. The van der Waals surface area contributed by atoms with Gasteiger partial charge >= 0.3 is 12.1 Å². The standard InChI is InChI=1S/C26H24BrClN2O5/c27-21-12-11-20(28)14-19(21)15-23(25(32)33)29-24(31)22(13-17-7-3-1-4-8-17)30-26(34)35-16-18-9-5-2-6-10-18/h1-12,14,22-23H,13,15-16H2,(H,29,31)(H,30,34)(H,32,33)/t22-,23-/m0/s1. The number of carboxylic acids is 1. The highest BCUT2D eigenvalue weighted by molar-refractivity contribution is 9.10. The molecule has 0 aliphatic heterocycles. The number of carbonyl (C=O) groups is 3. The minimum absolute atomic E-state index is 0.00126. The van der Waals surface area contributed by atoms with Gasteiger partial charge in [0.2, 0.25) is 5.91 Å². The van der Waals surface area contributed by atoms with Gasteiger partial charge in [-0.25, -0.2) is 9.59 Å². The average Bonchev–Trinajstić information content (AvgIpc) is 2.85. The van der Waals surface area contributed by atoms with E-state index < -0.39 is 30.1 Å². The molecule has 0 bridgehead atoms. The summed E-state index contributed by atoms with van der Waals surface area (Å²) in [6.07, 6.45) is -0.631. The number of carboxylic acid groups (broad SMARTS) is 1. The maximum Gasteiger partial charge on any atom is 0.408 e. The van der Waals surface area contributed by atoms with E-state index in [4.69, 9.17) is 16.3 Å². The zero-order valence-electron chi connectivity index (χ0n) is 18.6. The molecule has 0 unspecified atom stereocenters. The van der Waals surface area contributed by atoms with Crippen LogP contribution in [0.25, 0.3) is 0 Å². The van der Waals surface area contributed by atoms with E-state index in [0.717, 1.165) is 11.1 Å². The average molecular weight is 560 g/mol. The van der Waals surface area contributed by atoms with Gasteiger partial charge in [-0.15, -0.1) is 0 Å². The van der Waals surface area contributed by atoms with E-state index in [1.54, 1.807) is 18.2 Å². The lowest BCUT2D eigenvalue weighted by Crippen LogP contribution is -2.53. The maximum absolute atomic E-state index is 13.1. The van der Waals surface area contributed by atoms with Crippen LogP contribution in [-0.4, -0.2) is 35.2 Å². The molecule has 3 aromatic rings. The molecule has 0 heterocycles. The lowest BCUT2D eigenvalue weighted by atomic mass is 10.0. The van der Waals surface area contributed by atoms with Gasteiger partial charge in [-0.1, -0.05) is 88.2 Å². The van der Waals surface area contributed by atoms with Crippen LogP contribution in [-0.2, 0) is 33.8 Å². The summed E-state index contributed by atoms with van der Waals surface area (Å²) in [6, 6.07) is 20.9. The van der Waals surface area contributed by atoms with Gasteiger partial charge in [-0.3, -0.25) is 4.79 Å². The number of rotatable bonds is 10. The maximum atomic E-state index is 13.1. The number of aliphatic carboxylic acids is 1. The Balaban J connectivity index is 1.71. The zero-order valence-corrected chi connectivity index (χ0v) is 21.0. The summed E-state index contributed by atoms with van der Waals surface area (Å²) in [6.45, 7) is 0.0346. The number of amides is 2. The number of hydrogen-bond donors (Lipinski definition) is 3. The fourth-order valence-corrected chi connectivity index (χ4v) is 3.96. The van der Waals surface area contributed by atoms with E-state index in [-0.39, 0.29) is 19.4 Å². The van der Waals surface area contributed by atoms with E-state index in [1.165, 1.54) is 0 Å². The summed E-state index contributed by atoms with van der Waals surface area (Å²) in [5.74, 6) is -1.86. The van der Waals surface area contributed by atoms with Crippen molar-refractivity contribution in [2.75, 3.05) is 0 Å². The number of ether oxygens (including phenoxy) is 1. The normalized spacial score (nSPS) is 12.3. The second-order valence-electron chi connectivity index (χ2n) is 7.79. The van der Waals surface area contributed by atoms with Crippen LogP contribution in [0, 0.1) is 0 Å². The molecule has 0 aliphatic carbocycles. The highest BCUT2D eigenvalue weighted by atomic mass is 79.9. The Morgan fingerprint density at radius 3 is 2.11 bits per heavy atom. The fourth-order valence-electron chi connectivity index (χ4n) is 3.36. The van der Waals surface area contributed by atoms with E-state index in [9.17, 15) is 19.5 Å². The summed E-state index contributed by atoms with van der Waals surface area (Å²) in [7, 11) is 0. The Labute approximate surface area is 216 Å². The predicted octanol–water partition coefficient (Wildman–Crippen LogP) is 4.75. The molecule has 182 valence electrons. The number of carbonyl (C=O) groups excluding carboxylic acids is 2. The van der Waals surface area contributed by atoms with Gasteiger partial charge < -0.3 is 20.5 Å². The van der Waals surface area contributed by atoms with Crippen LogP contribution in [0.15, 0.2) is 83.3 Å². The lowest BCUT2D eigenvalue weighted by Gasteiger charge is -2.22. The van der Waals surface area contributed by atoms with Crippen LogP contribution in [0.1, 0.15) is 16.7 Å². The number of hydrogen-bond acceptors (Lipinski definition) is 4. The van der Waals surface area contributed by atoms with Crippen molar-refractivity contribution in [1.82, 2.24) is 10.6 Å². The van der Waals surface area contributed by atoms with Crippen molar-refractivity contribution in [3.8, 4) is 0 Å². The van der Waals surface area contributed by atoms with Gasteiger partial charge in [0.15, 0.2) is 0 Å². The molecule has 0 saturated heterocycles. The summed E-state index contributed by atoms with van der Waals surface area (Å²) in [5.41, 5.74) is 2.21. The Morgan fingerprint density at radius 2 is 1.49 bits per heavy atom. The Bertz CT molecular complexity index is 1160. The third-order valence-electron chi connectivity index (χ3n) is 5.15. The molecule has 0 radical (unpaired) electrons. The van der Waals surface area contributed by atoms with Crippen molar-refractivity contribution in [2.45, 2.75) is 31.5 Å². The third kappa shape index (κ3) is 8.42. The fraction of sp³-hybridized carbons (Fsp3) is 0.192. The highest BCUT2D eigenvalue weighted by Gasteiger charge is 2.28. The second kappa shape index (κ2) is 12.9. The van der Waals surface area contributed by atoms with Crippen LogP contribution in [0.2, 0.25) is 5.02 Å². The topological polar surface area (TPSA) is 105 Å². The molecule has 0 spiro atoms. The largest absolute Gasteiger partial charge is 0.480 e. The molecule has 0 aliphatic rings. The van der Waals surface area contributed by atoms with Gasteiger partial charge in [0.05, 0.1) is 0 Å². The number of halogens is 2. The summed E-state index contributed by atoms with van der Waals surface area (Å²) in [5, 5.41) is 15.3. The summed E-state index contributed by atoms with van der Waals surface area (Å²) < 4.78 is 5.93. The molecule has 0 aromatic heterocycles. The molecule has 2 atom stereocenters. The first-order valence-electron chi connectivity index (χ1n) is 10.8. The Hall–Kier alpha value is -3.36. The second-order valence-corrected chi connectivity index (χ2v) is 9.08. The smallest absolute Gasteiger partial charge is 0.408 e. The first-order chi connectivity index (χ1) is 16.8. The van der Waals surface area contributed by atoms with Crippen LogP contribution >= 0.6 is 27.5 Å². The Kier molecular flexibility index (Phi) is 9.69. The van der Waals surface area contributed by atoms with Gasteiger partial charge in [-0.05, 0) is 34.9 Å². The van der Waals surface area contributed by atoms with E-state index >= 15 is 0 Å². The van der Waals surface area contributed by atoms with Crippen LogP contribution in [0.5, 0.6) is 0 Å². The van der Waals surface area contributed by atoms with Crippen molar-refractivity contribution in [1.29, 1.82) is 0 Å². The first-order valence-corrected chi connectivity index (χ1v) is 12.0. The minimum atomic E-state index is -1.24. The quantitative estimate of drug-likeness (QED) is 0.332. The van der Waals surface area contributed by atoms with Gasteiger partial charge in [0.25, 0.3) is 0 Å². The molecular formula is C26H24BrClN2O5. The molecule has 3 aromatic carbocycles. The lowest BCUT2D eigenvalue weighted by molar-refractivity contribution is -0.142. The molecule has 35 heavy (non-hydrogen) atoms. The monoisotopic (exact) mass is 558 g/mol. The van der Waals surface area contributed by atoms with Crippen LogP contribution < -0.4 is 10.6 Å². The molecular weight excluding hydrogens is 536 g/mol. The van der Waals surface area contributed by atoms with Crippen LogP contribution in [0.3, 0.4) is 0 Å². The van der Waals surface area contributed by atoms with Crippen molar-refractivity contribution in [3.63, 3.8) is 0 Å². The van der Waals surface area contributed by atoms with Crippen molar-refractivity contribution in [2.24, 2.45) is 0 Å². The van der Waals surface area contributed by atoms with E-state index in [2.05, 4.69) is 26.6 Å². The van der Waals surface area contributed by atoms with Gasteiger partial charge in [0.1, 0.15) is 18.7 Å². The summed E-state index contributed by atoms with van der Waals surface area (Å²) >= 11 is 9.42. The molecule has 2 amide bonds. The Morgan fingerprint density at radius 1 is 0.857 bits per heavy atom. The summed E-state index contributed by atoms with van der Waals surface area (Å²) in [4.78, 5) is 37.5.